The number of oxazole rings is 1. The van der Waals surface area contributed by atoms with E-state index >= 15 is 0 Å². The number of hydrogen-bond donors (Lipinski definition) is 4. The quantitative estimate of drug-likeness (QED) is 0.0727. The van der Waals surface area contributed by atoms with Gasteiger partial charge in [0.2, 0.25) is 23.6 Å². The van der Waals surface area contributed by atoms with E-state index in [2.05, 4.69) is 31.0 Å². The molecule has 2 fully saturated rings. The van der Waals surface area contributed by atoms with Gasteiger partial charge in [0.1, 0.15) is 31.3 Å². The van der Waals surface area contributed by atoms with Crippen molar-refractivity contribution in [2.75, 3.05) is 69.9 Å². The van der Waals surface area contributed by atoms with E-state index in [0.717, 1.165) is 11.2 Å². The van der Waals surface area contributed by atoms with Gasteiger partial charge >= 0.3 is 6.18 Å². The van der Waals surface area contributed by atoms with Crippen LogP contribution in [0.3, 0.4) is 0 Å². The van der Waals surface area contributed by atoms with Crippen LogP contribution in [-0.4, -0.2) is 142 Å². The smallest absolute Gasteiger partial charge is 0.405 e. The van der Waals surface area contributed by atoms with E-state index in [1.165, 1.54) is 34.1 Å². The number of aromatic nitrogens is 4. The minimum Gasteiger partial charge on any atom is -0.444 e. The maximum Gasteiger partial charge on any atom is 0.405 e. The number of rotatable bonds is 20. The summed E-state index contributed by atoms with van der Waals surface area (Å²) in [6.45, 7) is 0.218. The van der Waals surface area contributed by atoms with Gasteiger partial charge in [-0.15, -0.1) is 0 Å². The number of ether oxygens (including phenoxy) is 3. The maximum absolute atomic E-state index is 13.3. The fourth-order valence-electron chi connectivity index (χ4n) is 7.07. The van der Waals surface area contributed by atoms with E-state index in [1.807, 2.05) is 0 Å². The van der Waals surface area contributed by atoms with Crippen molar-refractivity contribution in [2.45, 2.75) is 43.9 Å². The minimum atomic E-state index is -4.46. The highest BCUT2D eigenvalue weighted by molar-refractivity contribution is 6.24. The highest BCUT2D eigenvalue weighted by Gasteiger charge is 2.45. The van der Waals surface area contributed by atoms with Crippen LogP contribution in [0.5, 0.6) is 0 Å². The highest BCUT2D eigenvalue weighted by atomic mass is 19.4. The Balaban J connectivity index is 0.768. The molecule has 7 rings (SSSR count). The molecule has 24 heteroatoms. The van der Waals surface area contributed by atoms with Crippen LogP contribution < -0.4 is 21.7 Å². The predicted octanol–water partition coefficient (Wildman–Crippen LogP) is 1.73. The second-order valence-electron chi connectivity index (χ2n) is 14.7. The molecule has 3 aromatic heterocycles. The molecule has 0 spiro atoms. The Morgan fingerprint density at radius 3 is 2.47 bits per heavy atom. The Morgan fingerprint density at radius 2 is 1.73 bits per heavy atom. The molecule has 0 saturated carbocycles. The second kappa shape index (κ2) is 19.6. The molecule has 6 heterocycles. The lowest BCUT2D eigenvalue weighted by molar-refractivity contribution is -0.142. The lowest BCUT2D eigenvalue weighted by Crippen LogP contribution is -2.54. The summed E-state index contributed by atoms with van der Waals surface area (Å²) in [5.41, 5.74) is 6.44. The first-order valence-corrected chi connectivity index (χ1v) is 19.9. The number of carbonyl (C=O) groups excluding carboxylic acids is 7. The van der Waals surface area contributed by atoms with E-state index in [0.29, 0.717) is 25.0 Å². The van der Waals surface area contributed by atoms with Crippen molar-refractivity contribution in [3.8, 4) is 11.5 Å². The van der Waals surface area contributed by atoms with Crippen molar-refractivity contribution in [2.24, 2.45) is 5.73 Å². The number of nitrogens with two attached hydrogens (primary N) is 1. The largest absolute Gasteiger partial charge is 0.444 e. The molecular formula is C40H41F3N10O11. The number of imide groups is 2. The van der Waals surface area contributed by atoms with Gasteiger partial charge in [0.15, 0.2) is 11.4 Å². The first-order valence-electron chi connectivity index (χ1n) is 19.9. The molecule has 0 bridgehead atoms. The minimum absolute atomic E-state index is 0.0174. The van der Waals surface area contributed by atoms with Gasteiger partial charge in [-0.05, 0) is 43.0 Å². The number of benzene rings is 1. The van der Waals surface area contributed by atoms with E-state index in [9.17, 15) is 46.7 Å². The number of piperidine rings is 1. The zero-order chi connectivity index (χ0) is 45.5. The SMILES string of the molecule is NC(=O)c1nn(C2CN(C(=O)COCCOCCOCCCc3cccc4c3C(=O)N(C3CCC(=O)NC3=O)C4=O)C2)cc1NC(=O)c1coc(-c2ccnc(NCC(F)(F)F)c2)n1. The van der Waals surface area contributed by atoms with E-state index < -0.39 is 54.2 Å². The zero-order valence-corrected chi connectivity index (χ0v) is 33.9. The number of carbonyl (C=O) groups is 7. The molecule has 64 heavy (non-hydrogen) atoms. The van der Waals surface area contributed by atoms with Crippen LogP contribution in [0, 0.1) is 0 Å². The van der Waals surface area contributed by atoms with Crippen LogP contribution in [0.15, 0.2) is 53.4 Å². The molecule has 5 N–H and O–H groups in total. The Kier molecular flexibility index (Phi) is 13.7. The number of nitrogens with one attached hydrogen (secondary N) is 3. The Morgan fingerprint density at radius 1 is 0.984 bits per heavy atom. The van der Waals surface area contributed by atoms with Crippen LogP contribution in [0.4, 0.5) is 24.7 Å². The fraction of sp³-hybridized carbons (Fsp3) is 0.400. The molecule has 3 aliphatic heterocycles. The third-order valence-electron chi connectivity index (χ3n) is 10.3. The first-order chi connectivity index (χ1) is 30.7. The standard InChI is InChI=1S/C40H41F3N10O11/c41-40(42,43)21-46-29-15-23(8-9-45-29)37-48-27(19-64-37)35(57)47-26-18-52(50-33(26)34(44)56)24-16-51(17-24)31(55)20-63-14-13-62-12-11-61-10-2-4-22-3-1-5-25-32(22)39(60)53(38(25)59)28-6-7-30(54)49-36(28)58/h1,3,5,8-9,15,18-19,24,28H,2,4,6-7,10-14,16-17,20-21H2,(H2,44,56)(H,45,46)(H,47,57)(H,49,54,58). The topological polar surface area (TPSA) is 273 Å². The van der Waals surface area contributed by atoms with Gasteiger partial charge in [0.25, 0.3) is 23.6 Å². The average Bonchev–Trinajstić information content (AvgIpc) is 3.96. The zero-order valence-electron chi connectivity index (χ0n) is 33.9. The Bertz CT molecular complexity index is 2450. The monoisotopic (exact) mass is 894 g/mol. The first kappa shape index (κ1) is 45.0. The van der Waals surface area contributed by atoms with Gasteiger partial charge < -0.3 is 39.9 Å². The number of halogens is 3. The van der Waals surface area contributed by atoms with Crippen LogP contribution in [0.25, 0.3) is 11.5 Å². The molecule has 2 saturated heterocycles. The van der Waals surface area contributed by atoms with Gasteiger partial charge in [-0.3, -0.25) is 48.5 Å². The number of nitrogens with zero attached hydrogens (tertiary/aromatic N) is 6. The third-order valence-corrected chi connectivity index (χ3v) is 10.3. The fourth-order valence-corrected chi connectivity index (χ4v) is 7.07. The number of pyridine rings is 1. The van der Waals surface area contributed by atoms with Gasteiger partial charge in [0, 0.05) is 44.1 Å². The van der Waals surface area contributed by atoms with Crippen molar-refractivity contribution in [1.82, 2.24) is 34.9 Å². The molecular weight excluding hydrogens is 853 g/mol. The van der Waals surface area contributed by atoms with E-state index in [1.54, 1.807) is 18.2 Å². The van der Waals surface area contributed by atoms with Gasteiger partial charge in [-0.2, -0.15) is 18.3 Å². The van der Waals surface area contributed by atoms with E-state index in [4.69, 9.17) is 24.4 Å². The van der Waals surface area contributed by atoms with Crippen LogP contribution in [0.2, 0.25) is 0 Å². The molecule has 1 atom stereocenters. The number of alkyl halides is 3. The predicted molar refractivity (Wildman–Crippen MR) is 212 cm³/mol. The molecule has 1 aromatic carbocycles. The number of fused-ring (bicyclic) bond motifs is 1. The van der Waals surface area contributed by atoms with Crippen LogP contribution in [0.1, 0.15) is 72.6 Å². The average molecular weight is 895 g/mol. The van der Waals surface area contributed by atoms with Crippen LogP contribution >= 0.6 is 0 Å². The number of aryl methyl sites for hydroxylation is 1. The summed E-state index contributed by atoms with van der Waals surface area (Å²) in [4.78, 5) is 98.4. The summed E-state index contributed by atoms with van der Waals surface area (Å²) in [5.74, 6) is -4.37. The van der Waals surface area contributed by atoms with Crippen molar-refractivity contribution in [3.05, 3.63) is 77.1 Å². The van der Waals surface area contributed by atoms with Crippen molar-refractivity contribution < 1.29 is 65.4 Å². The van der Waals surface area contributed by atoms with Crippen molar-refractivity contribution in [1.29, 1.82) is 0 Å². The molecule has 0 radical (unpaired) electrons. The number of amides is 7. The Hall–Kier alpha value is -7.05. The maximum atomic E-state index is 13.3. The second-order valence-corrected chi connectivity index (χ2v) is 14.7. The third kappa shape index (κ3) is 10.6. The number of hydrogen-bond acceptors (Lipinski definition) is 15. The van der Waals surface area contributed by atoms with Crippen molar-refractivity contribution in [3.63, 3.8) is 0 Å². The number of likely N-dealkylation sites (tertiary alicyclic amines) is 1. The lowest BCUT2D eigenvalue weighted by Gasteiger charge is -2.39. The van der Waals surface area contributed by atoms with E-state index in [-0.39, 0.29) is 116 Å². The summed E-state index contributed by atoms with van der Waals surface area (Å²) >= 11 is 0. The number of anilines is 2. The van der Waals surface area contributed by atoms with Gasteiger partial charge in [0.05, 0.1) is 49.3 Å². The molecule has 338 valence electrons. The molecule has 3 aliphatic rings. The molecule has 1 unspecified atom stereocenters. The molecule has 21 nitrogen and oxygen atoms in total. The molecule has 4 aromatic rings. The summed E-state index contributed by atoms with van der Waals surface area (Å²) < 4.78 is 61.2. The van der Waals surface area contributed by atoms with Gasteiger partial charge in [-0.25, -0.2) is 9.97 Å². The van der Waals surface area contributed by atoms with Crippen LogP contribution in [-0.2, 0) is 35.0 Å². The molecule has 0 aliphatic carbocycles. The summed E-state index contributed by atoms with van der Waals surface area (Å²) in [5, 5.41) is 11.0. The summed E-state index contributed by atoms with van der Waals surface area (Å²) in [7, 11) is 0. The molecule has 7 amide bonds. The van der Waals surface area contributed by atoms with Crippen molar-refractivity contribution >= 4 is 52.9 Å². The summed E-state index contributed by atoms with van der Waals surface area (Å²) in [6, 6.07) is 6.31. The van der Waals surface area contributed by atoms with Gasteiger partial charge in [-0.1, -0.05) is 12.1 Å². The highest BCUT2D eigenvalue weighted by Crippen LogP contribution is 2.31. The normalized spacial score (nSPS) is 16.5. The Labute approximate surface area is 360 Å². The number of primary amides is 1. The summed E-state index contributed by atoms with van der Waals surface area (Å²) in [6.07, 6.45) is 0.323. The lowest BCUT2D eigenvalue weighted by atomic mass is 9.99.